The third-order valence-corrected chi connectivity index (χ3v) is 6.42. The Hall–Kier alpha value is -0.420. The number of ketones is 1. The second-order valence-corrected chi connectivity index (χ2v) is 7.45. The Kier molecular flexibility index (Phi) is 2.31. The van der Waals surface area contributed by atoms with Crippen molar-refractivity contribution >= 4 is 15.9 Å². The van der Waals surface area contributed by atoms with Gasteiger partial charge >= 0.3 is 0 Å². The molecule has 5 heteroatoms. The summed E-state index contributed by atoms with van der Waals surface area (Å²) in [5.74, 6) is 0.281. The summed E-state index contributed by atoms with van der Waals surface area (Å²) in [5, 5.41) is -0.991. The van der Waals surface area contributed by atoms with Crippen LogP contribution in [-0.2, 0) is 14.9 Å². The van der Waals surface area contributed by atoms with Gasteiger partial charge in [0.15, 0.2) is 0 Å². The molecule has 2 rings (SSSR count). The molecule has 0 heterocycles. The molecule has 0 saturated heterocycles. The minimum absolute atomic E-state index is 0.0128. The first-order chi connectivity index (χ1) is 7.14. The van der Waals surface area contributed by atoms with E-state index in [1.54, 1.807) is 0 Å². The van der Waals surface area contributed by atoms with Gasteiger partial charge in [-0.25, -0.2) is 0 Å². The van der Waals surface area contributed by atoms with Crippen LogP contribution in [0.2, 0.25) is 0 Å². The Labute approximate surface area is 96.2 Å². The Balaban J connectivity index is 2.56. The van der Waals surface area contributed by atoms with Crippen molar-refractivity contribution in [2.45, 2.75) is 45.3 Å². The summed E-state index contributed by atoms with van der Waals surface area (Å²) in [6.07, 6.45) is 1.94. The molecule has 3 unspecified atom stereocenters. The van der Waals surface area contributed by atoms with Crippen LogP contribution in [0.5, 0.6) is 0 Å². The van der Waals surface area contributed by atoms with Gasteiger partial charge in [0.1, 0.15) is 5.78 Å². The number of carbonyl (C=O) groups excluding carboxylic acids is 1. The number of carbonyl (C=O) groups is 1. The molecule has 2 bridgehead atoms. The van der Waals surface area contributed by atoms with Crippen molar-refractivity contribution in [3.63, 3.8) is 0 Å². The van der Waals surface area contributed by atoms with E-state index in [0.717, 1.165) is 6.42 Å². The molecule has 0 spiro atoms. The average Bonchev–Trinajstić information content (AvgIpc) is 2.48. The highest BCUT2D eigenvalue weighted by Gasteiger charge is 2.68. The van der Waals surface area contributed by atoms with E-state index in [-0.39, 0.29) is 17.1 Å². The van der Waals surface area contributed by atoms with Crippen molar-refractivity contribution in [2.75, 3.05) is 0 Å². The summed E-state index contributed by atoms with van der Waals surface area (Å²) in [5.41, 5.74) is -1.19. The van der Waals surface area contributed by atoms with E-state index >= 15 is 0 Å². The lowest BCUT2D eigenvalue weighted by Gasteiger charge is -2.39. The van der Waals surface area contributed by atoms with Gasteiger partial charge in [-0.05, 0) is 31.1 Å². The number of fused-ring (bicyclic) bond motifs is 2. The van der Waals surface area contributed by atoms with E-state index in [1.165, 1.54) is 6.92 Å². The van der Waals surface area contributed by atoms with Crippen LogP contribution in [0, 0.1) is 16.7 Å². The van der Waals surface area contributed by atoms with Crippen LogP contribution in [-0.4, -0.2) is 24.0 Å². The zero-order chi connectivity index (χ0) is 12.4. The minimum atomic E-state index is -4.15. The van der Waals surface area contributed by atoms with Gasteiger partial charge in [0.2, 0.25) is 0 Å². The lowest BCUT2D eigenvalue weighted by Crippen LogP contribution is -2.48. The molecule has 0 radical (unpaired) electrons. The number of Topliss-reactive ketones (excluding diaryl/α,β-unsaturated/α-hetero) is 1. The molecule has 0 aromatic heterocycles. The second-order valence-electron chi connectivity index (χ2n) is 5.71. The van der Waals surface area contributed by atoms with Crippen molar-refractivity contribution in [3.8, 4) is 0 Å². The van der Waals surface area contributed by atoms with Gasteiger partial charge in [0.25, 0.3) is 10.1 Å². The number of hydrogen-bond acceptors (Lipinski definition) is 3. The van der Waals surface area contributed by atoms with Crippen molar-refractivity contribution < 1.29 is 17.8 Å². The maximum Gasteiger partial charge on any atom is 0.268 e. The fraction of sp³-hybridized carbons (Fsp3) is 0.909. The minimum Gasteiger partial charge on any atom is -0.299 e. The first-order valence-electron chi connectivity index (χ1n) is 5.63. The van der Waals surface area contributed by atoms with Crippen molar-refractivity contribution in [2.24, 2.45) is 16.7 Å². The summed E-state index contributed by atoms with van der Waals surface area (Å²) in [6, 6.07) is 0. The van der Waals surface area contributed by atoms with Gasteiger partial charge in [-0.2, -0.15) is 8.42 Å². The Morgan fingerprint density at radius 3 is 2.31 bits per heavy atom. The smallest absolute Gasteiger partial charge is 0.268 e. The third-order valence-electron chi connectivity index (χ3n) is 5.13. The molecule has 2 aliphatic rings. The average molecular weight is 246 g/mol. The van der Waals surface area contributed by atoms with E-state index in [2.05, 4.69) is 0 Å². The Bertz CT molecular complexity index is 437. The van der Waals surface area contributed by atoms with Crippen LogP contribution >= 0.6 is 0 Å². The molecule has 0 amide bonds. The van der Waals surface area contributed by atoms with Crippen LogP contribution < -0.4 is 0 Å². The monoisotopic (exact) mass is 246 g/mol. The van der Waals surface area contributed by atoms with Crippen molar-refractivity contribution in [1.29, 1.82) is 0 Å². The topological polar surface area (TPSA) is 71.4 Å². The van der Waals surface area contributed by atoms with Gasteiger partial charge in [-0.3, -0.25) is 9.35 Å². The molecular weight excluding hydrogens is 228 g/mol. The van der Waals surface area contributed by atoms with Gasteiger partial charge in [-0.15, -0.1) is 0 Å². The van der Waals surface area contributed by atoms with E-state index in [9.17, 15) is 17.8 Å². The van der Waals surface area contributed by atoms with Crippen LogP contribution in [0.1, 0.15) is 40.0 Å². The first-order valence-corrected chi connectivity index (χ1v) is 7.14. The molecule has 1 N–H and O–H groups in total. The molecule has 0 aromatic rings. The van der Waals surface area contributed by atoms with Crippen molar-refractivity contribution in [3.05, 3.63) is 0 Å². The molecule has 4 nitrogen and oxygen atoms in total. The molecule has 3 atom stereocenters. The van der Waals surface area contributed by atoms with Crippen LogP contribution in [0.3, 0.4) is 0 Å². The molecule has 92 valence electrons. The Morgan fingerprint density at radius 2 is 2.00 bits per heavy atom. The highest BCUT2D eigenvalue weighted by atomic mass is 32.2. The molecule has 16 heavy (non-hydrogen) atoms. The maximum absolute atomic E-state index is 12.1. The van der Waals surface area contributed by atoms with Gasteiger partial charge in [-0.1, -0.05) is 13.8 Å². The number of rotatable bonds is 2. The van der Waals surface area contributed by atoms with Gasteiger partial charge in [0, 0.05) is 6.42 Å². The largest absolute Gasteiger partial charge is 0.299 e. The first kappa shape index (κ1) is 12.0. The quantitative estimate of drug-likeness (QED) is 0.752. The highest BCUT2D eigenvalue weighted by Crippen LogP contribution is 2.66. The Morgan fingerprint density at radius 1 is 1.44 bits per heavy atom. The fourth-order valence-corrected chi connectivity index (χ4v) is 4.98. The summed E-state index contributed by atoms with van der Waals surface area (Å²) in [4.78, 5) is 12.1. The van der Waals surface area contributed by atoms with Crippen LogP contribution in [0.25, 0.3) is 0 Å². The second kappa shape index (κ2) is 3.07. The standard InChI is InChI=1S/C11H18O4S/c1-7(16(13,14)15)11-5-4-8(6-9(11)12)10(11,2)3/h7-8H,4-6H2,1-3H3,(H,13,14,15). The zero-order valence-corrected chi connectivity index (χ0v) is 10.7. The van der Waals surface area contributed by atoms with E-state index in [0.29, 0.717) is 12.8 Å². The molecule has 2 saturated carbocycles. The van der Waals surface area contributed by atoms with Crippen LogP contribution in [0.15, 0.2) is 0 Å². The lowest BCUT2D eigenvalue weighted by molar-refractivity contribution is -0.129. The molecule has 2 fully saturated rings. The molecule has 0 aromatic carbocycles. The van der Waals surface area contributed by atoms with Gasteiger partial charge < -0.3 is 0 Å². The SMILES string of the molecule is CC(C12CCC(CC1=O)C2(C)C)S(=O)(=O)O. The normalized spacial score (nSPS) is 39.0. The predicted octanol–water partition coefficient (Wildman–Crippen LogP) is 1.66. The van der Waals surface area contributed by atoms with E-state index in [4.69, 9.17) is 0 Å². The van der Waals surface area contributed by atoms with Crippen molar-refractivity contribution in [1.82, 2.24) is 0 Å². The number of hydrogen-bond donors (Lipinski definition) is 1. The predicted molar refractivity (Wildman–Crippen MR) is 59.6 cm³/mol. The molecule has 2 aliphatic carbocycles. The summed E-state index contributed by atoms with van der Waals surface area (Å²) in [7, 11) is -4.15. The van der Waals surface area contributed by atoms with Gasteiger partial charge in [0.05, 0.1) is 10.7 Å². The fourth-order valence-electron chi connectivity index (χ4n) is 3.92. The molecule has 0 aliphatic heterocycles. The summed E-state index contributed by atoms with van der Waals surface area (Å²) >= 11 is 0. The third kappa shape index (κ3) is 1.19. The van der Waals surface area contributed by atoms with E-state index in [1.807, 2.05) is 13.8 Å². The summed E-state index contributed by atoms with van der Waals surface area (Å²) in [6.45, 7) is 5.37. The maximum atomic E-state index is 12.1. The zero-order valence-electron chi connectivity index (χ0n) is 9.86. The molecular formula is C11H18O4S. The van der Waals surface area contributed by atoms with E-state index < -0.39 is 20.8 Å². The highest BCUT2D eigenvalue weighted by molar-refractivity contribution is 7.86. The van der Waals surface area contributed by atoms with Crippen LogP contribution in [0.4, 0.5) is 0 Å². The lowest BCUT2D eigenvalue weighted by atomic mass is 9.67. The summed E-state index contributed by atoms with van der Waals surface area (Å²) < 4.78 is 31.9.